The van der Waals surface area contributed by atoms with Crippen molar-refractivity contribution < 1.29 is 9.84 Å². The molecule has 11 heteroatoms. The monoisotopic (exact) mass is 572 g/mol. The molecule has 0 bridgehead atoms. The summed E-state index contributed by atoms with van der Waals surface area (Å²) in [6.45, 7) is 8.05. The first-order valence-corrected chi connectivity index (χ1v) is 14.1. The second-order valence-electron chi connectivity index (χ2n) is 10.7. The number of benzene rings is 1. The van der Waals surface area contributed by atoms with Crippen LogP contribution in [0.4, 0.5) is 0 Å². The summed E-state index contributed by atoms with van der Waals surface area (Å²) in [6, 6.07) is 11.7. The fraction of sp³-hybridized carbons (Fsp3) is 0.367. The molecule has 0 radical (unpaired) electrons. The number of aliphatic hydroxyl groups is 1. The van der Waals surface area contributed by atoms with Gasteiger partial charge in [0.25, 0.3) is 0 Å². The van der Waals surface area contributed by atoms with Crippen molar-refractivity contribution in [2.45, 2.75) is 51.8 Å². The standard InChI is InChI=1S/C30H33ClN8O2/c1-18-6-8-25(19(2)33-18)30(40,28-20(3)35-37-36-28)21-7-9-26-23(16-21)27(31)24(29(34-26)41-4)17-38-14-10-22(11-15-38)39-13-5-12-32-39/h5-9,12-13,16,22,40H,10-11,14-15,17H2,1-4H3,(H,35,36,37). The van der Waals surface area contributed by atoms with Crippen molar-refractivity contribution in [1.82, 2.24) is 40.1 Å². The van der Waals surface area contributed by atoms with Gasteiger partial charge in [0.05, 0.1) is 29.4 Å². The molecule has 5 heterocycles. The average Bonchev–Trinajstić information content (AvgIpc) is 3.67. The van der Waals surface area contributed by atoms with E-state index in [2.05, 4.69) is 30.4 Å². The predicted octanol–water partition coefficient (Wildman–Crippen LogP) is 4.65. The van der Waals surface area contributed by atoms with Crippen molar-refractivity contribution in [2.24, 2.45) is 0 Å². The van der Waals surface area contributed by atoms with E-state index in [9.17, 15) is 5.11 Å². The average molecular weight is 573 g/mol. The summed E-state index contributed by atoms with van der Waals surface area (Å²) >= 11 is 7.14. The van der Waals surface area contributed by atoms with Crippen LogP contribution in [0.15, 0.2) is 48.8 Å². The van der Waals surface area contributed by atoms with E-state index in [4.69, 9.17) is 21.3 Å². The topological polar surface area (TPSA) is 118 Å². The maximum atomic E-state index is 12.5. The Morgan fingerprint density at radius 2 is 1.88 bits per heavy atom. The van der Waals surface area contributed by atoms with Gasteiger partial charge in [-0.3, -0.25) is 14.6 Å². The number of aryl methyl sites for hydroxylation is 3. The Hall–Kier alpha value is -3.86. The fourth-order valence-corrected chi connectivity index (χ4v) is 6.24. The fourth-order valence-electron chi connectivity index (χ4n) is 5.95. The largest absolute Gasteiger partial charge is 0.481 e. The molecule has 2 N–H and O–H groups in total. The lowest BCUT2D eigenvalue weighted by Gasteiger charge is -2.32. The van der Waals surface area contributed by atoms with E-state index in [0.29, 0.717) is 57.2 Å². The number of nitrogens with one attached hydrogen (secondary N) is 1. The first-order valence-electron chi connectivity index (χ1n) is 13.7. The first-order chi connectivity index (χ1) is 19.8. The molecule has 1 fully saturated rings. The van der Waals surface area contributed by atoms with Gasteiger partial charge < -0.3 is 9.84 Å². The molecule has 4 aromatic heterocycles. The van der Waals surface area contributed by atoms with Crippen molar-refractivity contribution in [3.8, 4) is 5.88 Å². The number of pyridine rings is 2. The molecule has 0 aliphatic carbocycles. The number of hydrogen-bond acceptors (Lipinski definition) is 8. The molecule has 5 aromatic rings. The molecule has 1 aromatic carbocycles. The number of piperidine rings is 1. The minimum absolute atomic E-state index is 0.397. The summed E-state index contributed by atoms with van der Waals surface area (Å²) in [4.78, 5) is 11.8. The molecule has 1 aliphatic rings. The van der Waals surface area contributed by atoms with Crippen molar-refractivity contribution in [1.29, 1.82) is 0 Å². The van der Waals surface area contributed by atoms with E-state index in [1.54, 1.807) is 7.11 Å². The van der Waals surface area contributed by atoms with Gasteiger partial charge in [0.15, 0.2) is 5.60 Å². The number of hydrogen-bond donors (Lipinski definition) is 2. The molecule has 212 valence electrons. The number of rotatable bonds is 7. The van der Waals surface area contributed by atoms with Gasteiger partial charge >= 0.3 is 0 Å². The molecular formula is C30H33ClN8O2. The Kier molecular flexibility index (Phi) is 7.23. The van der Waals surface area contributed by atoms with E-state index >= 15 is 0 Å². The highest BCUT2D eigenvalue weighted by molar-refractivity contribution is 6.36. The molecule has 1 saturated heterocycles. The highest BCUT2D eigenvalue weighted by Gasteiger charge is 2.40. The number of nitrogens with zero attached hydrogens (tertiary/aromatic N) is 7. The van der Waals surface area contributed by atoms with Crippen LogP contribution in [0.3, 0.4) is 0 Å². The minimum Gasteiger partial charge on any atom is -0.481 e. The molecule has 1 aliphatic heterocycles. The van der Waals surface area contributed by atoms with Crippen LogP contribution < -0.4 is 4.74 Å². The van der Waals surface area contributed by atoms with Gasteiger partial charge in [0.1, 0.15) is 5.69 Å². The van der Waals surface area contributed by atoms with Gasteiger partial charge in [0.2, 0.25) is 5.88 Å². The Balaban J connectivity index is 1.40. The molecule has 1 atom stereocenters. The number of aromatic nitrogens is 7. The highest BCUT2D eigenvalue weighted by atomic mass is 35.5. The second-order valence-corrected chi connectivity index (χ2v) is 11.1. The van der Waals surface area contributed by atoms with E-state index in [1.807, 2.05) is 74.2 Å². The van der Waals surface area contributed by atoms with Crippen molar-refractivity contribution in [2.75, 3.05) is 20.2 Å². The van der Waals surface area contributed by atoms with Crippen LogP contribution in [0, 0.1) is 20.8 Å². The smallest absolute Gasteiger partial charge is 0.219 e. The van der Waals surface area contributed by atoms with E-state index in [1.165, 1.54) is 0 Å². The van der Waals surface area contributed by atoms with Crippen LogP contribution in [-0.4, -0.2) is 65.4 Å². The third kappa shape index (κ3) is 4.86. The normalized spacial score (nSPS) is 16.2. The van der Waals surface area contributed by atoms with Crippen LogP contribution in [0.25, 0.3) is 10.9 Å². The zero-order chi connectivity index (χ0) is 28.7. The summed E-state index contributed by atoms with van der Waals surface area (Å²) in [6.07, 6.45) is 5.86. The summed E-state index contributed by atoms with van der Waals surface area (Å²) in [5.41, 5.74) is 3.66. The lowest BCUT2D eigenvalue weighted by Crippen LogP contribution is -2.34. The van der Waals surface area contributed by atoms with Gasteiger partial charge in [-0.05, 0) is 63.4 Å². The minimum atomic E-state index is -1.62. The SMILES string of the molecule is COc1nc2ccc(C(O)(c3ccc(C)nc3C)c3n[nH]nc3C)cc2c(Cl)c1CN1CCC(n2cccn2)CC1. The number of methoxy groups -OCH3 is 1. The predicted molar refractivity (Wildman–Crippen MR) is 156 cm³/mol. The Morgan fingerprint density at radius 1 is 1.07 bits per heavy atom. The number of fused-ring (bicyclic) bond motifs is 1. The van der Waals surface area contributed by atoms with Crippen LogP contribution in [0.1, 0.15) is 58.3 Å². The molecule has 0 amide bonds. The van der Waals surface area contributed by atoms with Gasteiger partial charge in [-0.2, -0.15) is 20.5 Å². The molecule has 0 spiro atoms. The van der Waals surface area contributed by atoms with Crippen LogP contribution >= 0.6 is 11.6 Å². The van der Waals surface area contributed by atoms with Crippen molar-refractivity contribution >= 4 is 22.5 Å². The van der Waals surface area contributed by atoms with E-state index in [0.717, 1.165) is 42.6 Å². The van der Waals surface area contributed by atoms with Crippen molar-refractivity contribution in [3.63, 3.8) is 0 Å². The lowest BCUT2D eigenvalue weighted by atomic mass is 9.81. The number of ether oxygens (including phenoxy) is 1. The maximum absolute atomic E-state index is 12.5. The molecular weight excluding hydrogens is 540 g/mol. The molecule has 41 heavy (non-hydrogen) atoms. The van der Waals surface area contributed by atoms with Crippen molar-refractivity contribution in [3.05, 3.63) is 93.3 Å². The summed E-state index contributed by atoms with van der Waals surface area (Å²) < 4.78 is 7.76. The third-order valence-electron chi connectivity index (χ3n) is 8.11. The zero-order valence-corrected chi connectivity index (χ0v) is 24.4. The quantitative estimate of drug-likeness (QED) is 0.289. The van der Waals surface area contributed by atoms with Gasteiger partial charge in [0, 0.05) is 59.9 Å². The highest BCUT2D eigenvalue weighted by Crippen LogP contribution is 2.41. The lowest BCUT2D eigenvalue weighted by molar-refractivity contribution is 0.119. The summed E-state index contributed by atoms with van der Waals surface area (Å²) in [7, 11) is 1.62. The van der Waals surface area contributed by atoms with Gasteiger partial charge in [-0.1, -0.05) is 23.7 Å². The third-order valence-corrected chi connectivity index (χ3v) is 8.54. The first kappa shape index (κ1) is 27.3. The Labute approximate surface area is 243 Å². The number of aromatic amines is 1. The second kappa shape index (κ2) is 10.8. The zero-order valence-electron chi connectivity index (χ0n) is 23.6. The van der Waals surface area contributed by atoms with Crippen LogP contribution in [-0.2, 0) is 12.1 Å². The number of H-pyrrole nitrogens is 1. The van der Waals surface area contributed by atoms with Gasteiger partial charge in [-0.15, -0.1) is 0 Å². The van der Waals surface area contributed by atoms with Gasteiger partial charge in [-0.25, -0.2) is 4.98 Å². The molecule has 10 nitrogen and oxygen atoms in total. The molecule has 6 rings (SSSR count). The number of likely N-dealkylation sites (tertiary alicyclic amines) is 1. The van der Waals surface area contributed by atoms with E-state index in [-0.39, 0.29) is 0 Å². The summed E-state index contributed by atoms with van der Waals surface area (Å²) in [5.74, 6) is 0.505. The van der Waals surface area contributed by atoms with Crippen LogP contribution in [0.2, 0.25) is 5.02 Å². The Morgan fingerprint density at radius 3 is 2.54 bits per heavy atom. The van der Waals surface area contributed by atoms with E-state index < -0.39 is 5.60 Å². The number of halogens is 1. The van der Waals surface area contributed by atoms with Crippen LogP contribution in [0.5, 0.6) is 5.88 Å². The Bertz CT molecular complexity index is 1690. The molecule has 1 unspecified atom stereocenters. The molecule has 0 saturated carbocycles. The maximum Gasteiger partial charge on any atom is 0.219 e. The summed E-state index contributed by atoms with van der Waals surface area (Å²) in [5, 5.41) is 29.4.